The summed E-state index contributed by atoms with van der Waals surface area (Å²) in [6.45, 7) is 2.13. The van der Waals surface area contributed by atoms with Crippen molar-refractivity contribution in [3.8, 4) is 0 Å². The standard InChI is InChI=1S/C17H18N2OS/c1-2-12-6-8-13(9-7-12)11-18-19-17(20)16-10-14-4-3-5-15(14)21-16/h6-11H,2-5H2,1H3,(H,19,20)/b18-11-. The van der Waals surface area contributed by atoms with Gasteiger partial charge in [-0.1, -0.05) is 31.2 Å². The van der Waals surface area contributed by atoms with Crippen LogP contribution >= 0.6 is 11.3 Å². The molecule has 0 bridgehead atoms. The van der Waals surface area contributed by atoms with Crippen LogP contribution in [0.3, 0.4) is 0 Å². The summed E-state index contributed by atoms with van der Waals surface area (Å²) in [5.74, 6) is -0.115. The number of fused-ring (bicyclic) bond motifs is 1. The van der Waals surface area contributed by atoms with E-state index in [2.05, 4.69) is 29.6 Å². The molecule has 4 heteroatoms. The summed E-state index contributed by atoms with van der Waals surface area (Å²) in [6.07, 6.45) is 6.14. The molecule has 1 amide bonds. The SMILES string of the molecule is CCc1ccc(/C=N\NC(=O)c2cc3c(s2)CCC3)cc1. The normalized spacial score (nSPS) is 13.6. The molecular formula is C17H18N2OS. The molecule has 0 saturated heterocycles. The molecule has 0 fully saturated rings. The maximum atomic E-state index is 12.0. The molecule has 21 heavy (non-hydrogen) atoms. The molecule has 0 atom stereocenters. The number of aryl methyl sites for hydroxylation is 3. The van der Waals surface area contributed by atoms with Crippen molar-refractivity contribution >= 4 is 23.5 Å². The third kappa shape index (κ3) is 3.22. The summed E-state index contributed by atoms with van der Waals surface area (Å²) in [7, 11) is 0. The van der Waals surface area contributed by atoms with Crippen LogP contribution in [0.4, 0.5) is 0 Å². The van der Waals surface area contributed by atoms with Crippen LogP contribution < -0.4 is 5.43 Å². The molecule has 1 aromatic carbocycles. The minimum absolute atomic E-state index is 0.115. The van der Waals surface area contributed by atoms with Gasteiger partial charge in [0.1, 0.15) is 0 Å². The molecule has 0 saturated carbocycles. The first-order valence-corrected chi connectivity index (χ1v) is 8.12. The molecule has 1 aliphatic carbocycles. The van der Waals surface area contributed by atoms with E-state index in [9.17, 15) is 4.79 Å². The van der Waals surface area contributed by atoms with Crippen molar-refractivity contribution in [3.63, 3.8) is 0 Å². The average Bonchev–Trinajstić information content (AvgIpc) is 3.09. The number of nitrogens with zero attached hydrogens (tertiary/aromatic N) is 1. The number of benzene rings is 1. The quantitative estimate of drug-likeness (QED) is 0.680. The number of carbonyl (C=O) groups is 1. The van der Waals surface area contributed by atoms with Crippen LogP contribution in [0.15, 0.2) is 35.4 Å². The number of rotatable bonds is 4. The van der Waals surface area contributed by atoms with Gasteiger partial charge in [0.25, 0.3) is 5.91 Å². The van der Waals surface area contributed by atoms with Crippen LogP contribution in [0.2, 0.25) is 0 Å². The number of hydrogen-bond donors (Lipinski definition) is 1. The molecule has 108 valence electrons. The van der Waals surface area contributed by atoms with Gasteiger partial charge < -0.3 is 0 Å². The van der Waals surface area contributed by atoms with Gasteiger partial charge in [-0.15, -0.1) is 11.3 Å². The van der Waals surface area contributed by atoms with E-state index in [1.807, 2.05) is 18.2 Å². The van der Waals surface area contributed by atoms with Gasteiger partial charge in [0.05, 0.1) is 11.1 Å². The monoisotopic (exact) mass is 298 g/mol. The van der Waals surface area contributed by atoms with Gasteiger partial charge >= 0.3 is 0 Å². The predicted molar refractivity (Wildman–Crippen MR) is 87.2 cm³/mol. The van der Waals surface area contributed by atoms with Crippen molar-refractivity contribution in [2.45, 2.75) is 32.6 Å². The number of thiophene rings is 1. The zero-order valence-electron chi connectivity index (χ0n) is 12.1. The summed E-state index contributed by atoms with van der Waals surface area (Å²) >= 11 is 1.60. The van der Waals surface area contributed by atoms with Crippen LogP contribution in [-0.4, -0.2) is 12.1 Å². The van der Waals surface area contributed by atoms with E-state index in [1.165, 1.54) is 22.4 Å². The fraction of sp³-hybridized carbons (Fsp3) is 0.294. The highest BCUT2D eigenvalue weighted by Gasteiger charge is 2.17. The van der Waals surface area contributed by atoms with Gasteiger partial charge in [-0.2, -0.15) is 5.10 Å². The number of amides is 1. The molecule has 0 unspecified atom stereocenters. The molecular weight excluding hydrogens is 280 g/mol. The minimum Gasteiger partial charge on any atom is -0.266 e. The van der Waals surface area contributed by atoms with Crippen molar-refractivity contribution in [3.05, 3.63) is 56.8 Å². The fourth-order valence-corrected chi connectivity index (χ4v) is 3.64. The van der Waals surface area contributed by atoms with Crippen LogP contribution in [0.1, 0.15) is 44.6 Å². The van der Waals surface area contributed by atoms with Crippen molar-refractivity contribution < 1.29 is 4.79 Å². The highest BCUT2D eigenvalue weighted by Crippen LogP contribution is 2.30. The Balaban J connectivity index is 1.60. The third-order valence-corrected chi connectivity index (χ3v) is 4.97. The van der Waals surface area contributed by atoms with Crippen molar-refractivity contribution in [1.29, 1.82) is 0 Å². The molecule has 1 aliphatic rings. The fourth-order valence-electron chi connectivity index (χ4n) is 2.50. The Labute approximate surface area is 128 Å². The van der Waals surface area contributed by atoms with Gasteiger partial charge in [-0.25, -0.2) is 5.43 Å². The molecule has 1 heterocycles. The van der Waals surface area contributed by atoms with Crippen LogP contribution in [-0.2, 0) is 19.3 Å². The van der Waals surface area contributed by atoms with Gasteiger partial charge in [-0.05, 0) is 48.4 Å². The number of carbonyl (C=O) groups excluding carboxylic acids is 1. The van der Waals surface area contributed by atoms with Gasteiger partial charge in [-0.3, -0.25) is 4.79 Å². The van der Waals surface area contributed by atoms with Crippen molar-refractivity contribution in [2.75, 3.05) is 0 Å². The summed E-state index contributed by atoms with van der Waals surface area (Å²) in [5, 5.41) is 4.04. The van der Waals surface area contributed by atoms with E-state index < -0.39 is 0 Å². The van der Waals surface area contributed by atoms with Gasteiger partial charge in [0, 0.05) is 4.88 Å². The first-order chi connectivity index (χ1) is 10.3. The maximum absolute atomic E-state index is 12.0. The lowest BCUT2D eigenvalue weighted by molar-refractivity contribution is 0.0959. The maximum Gasteiger partial charge on any atom is 0.281 e. The summed E-state index contributed by atoms with van der Waals surface area (Å²) in [4.78, 5) is 14.1. The number of hydrogen-bond acceptors (Lipinski definition) is 3. The Bertz CT molecular complexity index is 649. The van der Waals surface area contributed by atoms with Crippen LogP contribution in [0.25, 0.3) is 0 Å². The van der Waals surface area contributed by atoms with Crippen LogP contribution in [0.5, 0.6) is 0 Å². The molecule has 1 N–H and O–H groups in total. The Morgan fingerprint density at radius 1 is 1.33 bits per heavy atom. The molecule has 0 spiro atoms. The lowest BCUT2D eigenvalue weighted by Gasteiger charge is -1.98. The van der Waals surface area contributed by atoms with E-state index in [-0.39, 0.29) is 5.91 Å². The summed E-state index contributed by atoms with van der Waals surface area (Å²) in [5.41, 5.74) is 6.23. The predicted octanol–water partition coefficient (Wildman–Crippen LogP) is 3.56. The molecule has 0 aliphatic heterocycles. The van der Waals surface area contributed by atoms with Crippen molar-refractivity contribution in [2.24, 2.45) is 5.10 Å². The van der Waals surface area contributed by atoms with Gasteiger partial charge in [0.2, 0.25) is 0 Å². The first kappa shape index (κ1) is 14.0. The lowest BCUT2D eigenvalue weighted by Crippen LogP contribution is -2.16. The van der Waals surface area contributed by atoms with E-state index in [1.54, 1.807) is 17.6 Å². The topological polar surface area (TPSA) is 41.5 Å². The number of nitrogens with one attached hydrogen (secondary N) is 1. The second-order valence-corrected chi connectivity index (χ2v) is 6.34. The Morgan fingerprint density at radius 2 is 2.14 bits per heavy atom. The third-order valence-electron chi connectivity index (χ3n) is 3.74. The second kappa shape index (κ2) is 6.22. The molecule has 2 aromatic rings. The Morgan fingerprint density at radius 3 is 2.86 bits per heavy atom. The van der Waals surface area contributed by atoms with Crippen molar-refractivity contribution in [1.82, 2.24) is 5.43 Å². The zero-order valence-corrected chi connectivity index (χ0v) is 12.9. The minimum atomic E-state index is -0.115. The molecule has 0 radical (unpaired) electrons. The largest absolute Gasteiger partial charge is 0.281 e. The van der Waals surface area contributed by atoms with Crippen LogP contribution in [0, 0.1) is 0 Å². The first-order valence-electron chi connectivity index (χ1n) is 7.30. The molecule has 3 rings (SSSR count). The van der Waals surface area contributed by atoms with Gasteiger partial charge in [0.15, 0.2) is 0 Å². The smallest absolute Gasteiger partial charge is 0.266 e. The summed E-state index contributed by atoms with van der Waals surface area (Å²) < 4.78 is 0. The average molecular weight is 298 g/mol. The highest BCUT2D eigenvalue weighted by molar-refractivity contribution is 7.14. The summed E-state index contributed by atoms with van der Waals surface area (Å²) in [6, 6.07) is 10.2. The van der Waals surface area contributed by atoms with E-state index >= 15 is 0 Å². The van der Waals surface area contributed by atoms with E-state index in [0.717, 1.165) is 29.7 Å². The second-order valence-electron chi connectivity index (χ2n) is 5.21. The Kier molecular flexibility index (Phi) is 4.15. The molecule has 3 nitrogen and oxygen atoms in total. The Hall–Kier alpha value is -1.94. The van der Waals surface area contributed by atoms with E-state index in [0.29, 0.717) is 0 Å². The zero-order chi connectivity index (χ0) is 14.7. The highest BCUT2D eigenvalue weighted by atomic mass is 32.1. The molecule has 1 aromatic heterocycles. The van der Waals surface area contributed by atoms with E-state index in [4.69, 9.17) is 0 Å². The number of hydrazone groups is 1. The lowest BCUT2D eigenvalue weighted by atomic mass is 10.1.